The maximum absolute atomic E-state index is 9.88. The van der Waals surface area contributed by atoms with Crippen molar-refractivity contribution in [3.8, 4) is 5.75 Å². The lowest BCUT2D eigenvalue weighted by atomic mass is 9.80. The number of aliphatic hydroxyl groups is 1. The van der Waals surface area contributed by atoms with Gasteiger partial charge in [-0.2, -0.15) is 0 Å². The first kappa shape index (κ1) is 9.16. The summed E-state index contributed by atoms with van der Waals surface area (Å²) < 4.78 is 5.84. The molecule has 3 nitrogen and oxygen atoms in total. The van der Waals surface area contributed by atoms with E-state index in [2.05, 4.69) is 4.98 Å². The van der Waals surface area contributed by atoms with E-state index in [1.807, 2.05) is 18.3 Å². The van der Waals surface area contributed by atoms with Crippen molar-refractivity contribution in [2.75, 3.05) is 0 Å². The van der Waals surface area contributed by atoms with Crippen molar-refractivity contribution < 1.29 is 9.84 Å². The molecule has 3 atom stereocenters. The van der Waals surface area contributed by atoms with E-state index < -0.39 is 0 Å². The third-order valence-electron chi connectivity index (χ3n) is 3.49. The molecule has 80 valence electrons. The van der Waals surface area contributed by atoms with Crippen LogP contribution in [-0.4, -0.2) is 22.3 Å². The third-order valence-corrected chi connectivity index (χ3v) is 3.49. The molecule has 2 unspecified atom stereocenters. The second-order valence-electron chi connectivity index (χ2n) is 4.49. The zero-order chi connectivity index (χ0) is 10.3. The van der Waals surface area contributed by atoms with Gasteiger partial charge in [-0.25, -0.2) is 0 Å². The molecule has 1 N–H and O–H groups in total. The van der Waals surface area contributed by atoms with Gasteiger partial charge in [0, 0.05) is 12.1 Å². The zero-order valence-electron chi connectivity index (χ0n) is 8.60. The van der Waals surface area contributed by atoms with Gasteiger partial charge in [0.1, 0.15) is 11.9 Å². The van der Waals surface area contributed by atoms with Crippen molar-refractivity contribution in [3.63, 3.8) is 0 Å². The predicted molar refractivity (Wildman–Crippen MR) is 55.7 cm³/mol. The maximum atomic E-state index is 9.88. The van der Waals surface area contributed by atoms with Crippen LogP contribution in [0.25, 0.3) is 0 Å². The zero-order valence-corrected chi connectivity index (χ0v) is 8.60. The van der Waals surface area contributed by atoms with Crippen LogP contribution < -0.4 is 4.74 Å². The minimum Gasteiger partial charge on any atom is -0.486 e. The van der Waals surface area contributed by atoms with Gasteiger partial charge >= 0.3 is 0 Å². The fourth-order valence-electron chi connectivity index (χ4n) is 2.70. The number of hydrogen-bond donors (Lipinski definition) is 1. The maximum Gasteiger partial charge on any atom is 0.141 e. The van der Waals surface area contributed by atoms with E-state index in [-0.39, 0.29) is 12.2 Å². The van der Waals surface area contributed by atoms with Crippen molar-refractivity contribution >= 4 is 0 Å². The van der Waals surface area contributed by atoms with Gasteiger partial charge in [0.25, 0.3) is 0 Å². The van der Waals surface area contributed by atoms with Crippen LogP contribution in [0.4, 0.5) is 0 Å². The number of fused-ring (bicyclic) bond motifs is 2. The van der Waals surface area contributed by atoms with Gasteiger partial charge in [-0.15, -0.1) is 0 Å². The molecule has 3 rings (SSSR count). The van der Waals surface area contributed by atoms with Gasteiger partial charge < -0.3 is 9.84 Å². The summed E-state index contributed by atoms with van der Waals surface area (Å²) in [4.78, 5) is 4.33. The second kappa shape index (κ2) is 3.49. The summed E-state index contributed by atoms with van der Waals surface area (Å²) in [5.74, 6) is 1.32. The number of aliphatic hydroxyl groups excluding tert-OH is 1. The van der Waals surface area contributed by atoms with Crippen LogP contribution in [0.1, 0.15) is 25.0 Å². The molecule has 2 heterocycles. The molecule has 2 aliphatic rings. The molecule has 0 saturated heterocycles. The van der Waals surface area contributed by atoms with Gasteiger partial charge in [0.05, 0.1) is 11.8 Å². The molecule has 0 spiro atoms. The molecule has 0 bridgehead atoms. The van der Waals surface area contributed by atoms with Crippen molar-refractivity contribution in [2.45, 2.75) is 37.9 Å². The third kappa shape index (κ3) is 1.51. The average Bonchev–Trinajstić information content (AvgIpc) is 2.27. The Bertz CT molecular complexity index is 366. The highest BCUT2D eigenvalue weighted by Crippen LogP contribution is 2.36. The Morgan fingerprint density at radius 3 is 3.27 bits per heavy atom. The quantitative estimate of drug-likeness (QED) is 0.698. The van der Waals surface area contributed by atoms with Crippen molar-refractivity contribution in [3.05, 3.63) is 24.0 Å². The van der Waals surface area contributed by atoms with E-state index >= 15 is 0 Å². The minimum atomic E-state index is -0.294. The second-order valence-corrected chi connectivity index (χ2v) is 4.49. The summed E-state index contributed by atoms with van der Waals surface area (Å²) in [5.41, 5.74) is 1.05. The Hall–Kier alpha value is -1.09. The van der Waals surface area contributed by atoms with Crippen LogP contribution >= 0.6 is 0 Å². The predicted octanol–water partition coefficient (Wildman–Crippen LogP) is 1.55. The van der Waals surface area contributed by atoms with Gasteiger partial charge in [0.15, 0.2) is 0 Å². The Kier molecular flexibility index (Phi) is 2.13. The van der Waals surface area contributed by atoms with Crippen molar-refractivity contribution in [1.82, 2.24) is 4.98 Å². The molecule has 1 aliphatic heterocycles. The fraction of sp³-hybridized carbons (Fsp3) is 0.583. The molecule has 0 amide bonds. The lowest BCUT2D eigenvalue weighted by Gasteiger charge is -2.39. The molecule has 3 heteroatoms. The van der Waals surface area contributed by atoms with Crippen LogP contribution in [0, 0.1) is 5.92 Å². The molecule has 0 radical (unpaired) electrons. The number of hydrogen-bond acceptors (Lipinski definition) is 3. The molecule has 1 aromatic rings. The Morgan fingerprint density at radius 1 is 1.40 bits per heavy atom. The first-order valence-corrected chi connectivity index (χ1v) is 5.63. The lowest BCUT2D eigenvalue weighted by molar-refractivity contribution is -0.0384. The fourth-order valence-corrected chi connectivity index (χ4v) is 2.70. The molecular weight excluding hydrogens is 190 g/mol. The SMILES string of the molecule is O[C@@H]1CCCC2Cc3ncccc3OC21. The van der Waals surface area contributed by atoms with E-state index in [0.717, 1.165) is 37.1 Å². The van der Waals surface area contributed by atoms with E-state index in [4.69, 9.17) is 4.74 Å². The molecule has 1 aromatic heterocycles. The smallest absolute Gasteiger partial charge is 0.141 e. The molecular formula is C12H15NO2. The summed E-state index contributed by atoms with van der Waals surface area (Å²) in [6.45, 7) is 0. The first-order valence-electron chi connectivity index (χ1n) is 5.63. The van der Waals surface area contributed by atoms with Crippen molar-refractivity contribution in [2.24, 2.45) is 5.92 Å². The number of pyridine rings is 1. The Balaban J connectivity index is 1.92. The van der Waals surface area contributed by atoms with E-state index in [9.17, 15) is 5.11 Å². The lowest BCUT2D eigenvalue weighted by Crippen LogP contribution is -2.45. The standard InChI is InChI=1S/C12H15NO2/c14-10-4-1-3-8-7-9-11(15-12(8)10)5-2-6-13-9/h2,5-6,8,10,12,14H,1,3-4,7H2/t8?,10-,12?/m1/s1. The van der Waals surface area contributed by atoms with Crippen LogP contribution in [-0.2, 0) is 6.42 Å². The molecule has 0 aromatic carbocycles. The van der Waals surface area contributed by atoms with Gasteiger partial charge in [-0.3, -0.25) is 4.98 Å². The Morgan fingerprint density at radius 2 is 2.33 bits per heavy atom. The number of nitrogens with zero attached hydrogens (tertiary/aromatic N) is 1. The summed E-state index contributed by atoms with van der Waals surface area (Å²) in [6.07, 6.45) is 5.59. The number of rotatable bonds is 0. The normalized spacial score (nSPS) is 33.8. The minimum absolute atomic E-state index is 0.00421. The summed E-state index contributed by atoms with van der Waals surface area (Å²) in [7, 11) is 0. The highest BCUT2D eigenvalue weighted by Gasteiger charge is 2.38. The largest absolute Gasteiger partial charge is 0.486 e. The van der Waals surface area contributed by atoms with Gasteiger partial charge in [-0.05, 0) is 31.4 Å². The summed E-state index contributed by atoms with van der Waals surface area (Å²) in [5, 5.41) is 9.88. The average molecular weight is 205 g/mol. The van der Waals surface area contributed by atoms with Crippen LogP contribution in [0.5, 0.6) is 5.75 Å². The number of aromatic nitrogens is 1. The van der Waals surface area contributed by atoms with E-state index in [1.165, 1.54) is 0 Å². The molecule has 1 saturated carbocycles. The van der Waals surface area contributed by atoms with Crippen molar-refractivity contribution in [1.29, 1.82) is 0 Å². The van der Waals surface area contributed by atoms with Crippen LogP contribution in [0.2, 0.25) is 0 Å². The van der Waals surface area contributed by atoms with Gasteiger partial charge in [0.2, 0.25) is 0 Å². The molecule has 1 fully saturated rings. The van der Waals surface area contributed by atoms with Crippen LogP contribution in [0.3, 0.4) is 0 Å². The molecule has 1 aliphatic carbocycles. The highest BCUT2D eigenvalue weighted by molar-refractivity contribution is 5.30. The molecule has 15 heavy (non-hydrogen) atoms. The van der Waals surface area contributed by atoms with Gasteiger partial charge in [-0.1, -0.05) is 6.42 Å². The number of ether oxygens (including phenoxy) is 1. The topological polar surface area (TPSA) is 42.4 Å². The summed E-state index contributed by atoms with van der Waals surface area (Å²) in [6, 6.07) is 3.83. The first-order chi connectivity index (χ1) is 7.34. The monoisotopic (exact) mass is 205 g/mol. The Labute approximate surface area is 89.1 Å². The van der Waals surface area contributed by atoms with E-state index in [0.29, 0.717) is 5.92 Å². The van der Waals surface area contributed by atoms with E-state index in [1.54, 1.807) is 0 Å². The highest BCUT2D eigenvalue weighted by atomic mass is 16.5. The van der Waals surface area contributed by atoms with Crippen LogP contribution in [0.15, 0.2) is 18.3 Å². The summed E-state index contributed by atoms with van der Waals surface area (Å²) >= 11 is 0.